The van der Waals surface area contributed by atoms with Crippen LogP contribution in [0.1, 0.15) is 130 Å². The zero-order valence-electron chi connectivity index (χ0n) is 50.4. The first kappa shape index (κ1) is 41.0. The van der Waals surface area contributed by atoms with E-state index in [1.807, 2.05) is 4.90 Å². The summed E-state index contributed by atoms with van der Waals surface area (Å²) >= 11 is 0. The molecule has 5 nitrogen and oxygen atoms in total. The highest BCUT2D eigenvalue weighted by Crippen LogP contribution is 2.86. The maximum absolute atomic E-state index is 18.4. The lowest BCUT2D eigenvalue weighted by molar-refractivity contribution is -0.133. The molecule has 36 rings (SSSR count). The smallest absolute Gasteiger partial charge is 0.324 e. The van der Waals surface area contributed by atoms with Gasteiger partial charge in [-0.15, -0.1) is 0 Å². The lowest BCUT2D eigenvalue weighted by atomic mass is 9.45. The molecule has 1 atom stereocenters. The zero-order chi connectivity index (χ0) is 57.5. The second-order valence-corrected chi connectivity index (χ2v) is 33.5. The zero-order valence-corrected chi connectivity index (χ0v) is 50.4. The van der Waals surface area contributed by atoms with E-state index >= 15 is 9.59 Å². The first-order valence-electron chi connectivity index (χ1n) is 36.2. The summed E-state index contributed by atoms with van der Waals surface area (Å²) in [5, 5.41) is 87.4. The highest BCUT2D eigenvalue weighted by atomic mass is 16.2. The molecular weight excluding hydrogens is 1130 g/mol. The van der Waals surface area contributed by atoms with Crippen LogP contribution >= 0.6 is 0 Å². The van der Waals surface area contributed by atoms with Gasteiger partial charge in [-0.25, -0.2) is 4.79 Å². The Bertz CT molecular complexity index is 8070. The molecule has 1 heterocycles. The molecule has 29 aromatic carbocycles. The normalized spacial score (nSPS) is 22.9. The molecule has 0 aromatic heterocycles. The Hall–Kier alpha value is -9.71. The SMILES string of the molecule is CCCCCCc1ccc(C2=N[C@@H](C(=O)N(C(=O)NC3CCCCC3)C3CCCCC3)C34c5c6c7c8c9c%10c(c%11c%12c3c3c5c5c%13c6c6c7c7c9c9c%14c%10c%10c%11c%11c%12c%12c3c3c5c5c%13c%13c6c6c7c9c7c9c%14c%10c%10c%11c%11c%12c3c3c5c5c%13c6c7c6c9c%10c%11c3c56)C284)cc1. The predicted octanol–water partition coefficient (Wildman–Crippen LogP) is 22.5. The van der Waals surface area contributed by atoms with Crippen molar-refractivity contribution >= 4 is 309 Å². The molecule has 0 radical (unpaired) electrons. The summed E-state index contributed by atoms with van der Waals surface area (Å²) in [5.41, 5.74) is 7.58. The van der Waals surface area contributed by atoms with E-state index in [0.29, 0.717) is 0 Å². The number of aliphatic imine (C=N–C) groups is 1. The summed E-state index contributed by atoms with van der Waals surface area (Å²) in [6.07, 6.45) is 16.2. The van der Waals surface area contributed by atoms with Crippen LogP contribution in [0.5, 0.6) is 0 Å². The fourth-order valence-corrected chi connectivity index (χ4v) is 30.1. The van der Waals surface area contributed by atoms with Crippen LogP contribution < -0.4 is 5.32 Å². The lowest BCUT2D eigenvalue weighted by Crippen LogP contribution is -2.63. The molecule has 93 heavy (non-hydrogen) atoms. The molecule has 7 aliphatic rings. The Morgan fingerprint density at radius 1 is 0.376 bits per heavy atom. The second kappa shape index (κ2) is 10.8. The Labute approximate surface area is 520 Å². The number of unbranched alkanes of at least 4 members (excludes halogenated alkanes) is 3. The van der Waals surface area contributed by atoms with Crippen molar-refractivity contribution in [2.75, 3.05) is 0 Å². The van der Waals surface area contributed by atoms with Crippen LogP contribution in [0.3, 0.4) is 0 Å². The van der Waals surface area contributed by atoms with E-state index in [1.165, 1.54) is 178 Å². The number of hydrogen-bond donors (Lipinski definition) is 1. The molecule has 2 spiro atoms. The van der Waals surface area contributed by atoms with Gasteiger partial charge in [-0.2, -0.15) is 0 Å². The van der Waals surface area contributed by atoms with E-state index in [4.69, 9.17) is 4.99 Å². The number of nitrogens with zero attached hydrogens (tertiary/aromatic N) is 2. The number of rotatable bonds is 9. The quantitative estimate of drug-likeness (QED) is 0.116. The Morgan fingerprint density at radius 2 is 0.677 bits per heavy atom. The van der Waals surface area contributed by atoms with Gasteiger partial charge in [-0.1, -0.05) is 89.0 Å². The van der Waals surface area contributed by atoms with Gasteiger partial charge in [0.25, 0.3) is 5.91 Å². The maximum Gasteiger partial charge on any atom is 0.324 e. The number of carbonyl (C=O) groups excluding carboxylic acids is 2. The van der Waals surface area contributed by atoms with Crippen molar-refractivity contribution in [3.8, 4) is 0 Å². The van der Waals surface area contributed by atoms with Gasteiger partial charge in [0, 0.05) is 12.1 Å². The van der Waals surface area contributed by atoms with Crippen molar-refractivity contribution in [1.82, 2.24) is 10.2 Å². The van der Waals surface area contributed by atoms with Gasteiger partial charge in [-0.3, -0.25) is 14.7 Å². The molecule has 0 bridgehead atoms. The van der Waals surface area contributed by atoms with Crippen molar-refractivity contribution < 1.29 is 9.59 Å². The largest absolute Gasteiger partial charge is 0.335 e. The summed E-state index contributed by atoms with van der Waals surface area (Å²) in [6, 6.07) is 8.69. The van der Waals surface area contributed by atoms with Crippen LogP contribution in [0.4, 0.5) is 4.79 Å². The van der Waals surface area contributed by atoms with Crippen molar-refractivity contribution in [3.63, 3.8) is 0 Å². The van der Waals surface area contributed by atoms with Gasteiger partial charge in [0.15, 0.2) is 0 Å². The van der Waals surface area contributed by atoms with Gasteiger partial charge in [0.05, 0.1) is 16.5 Å². The number of amides is 3. The Balaban J connectivity index is 0.885. The molecule has 1 N–H and O–H groups in total. The lowest BCUT2D eigenvalue weighted by Gasteiger charge is -2.52. The topological polar surface area (TPSA) is 61.8 Å². The minimum Gasteiger partial charge on any atom is -0.335 e. The molecule has 1 aliphatic heterocycles. The van der Waals surface area contributed by atoms with Crippen molar-refractivity contribution in [3.05, 3.63) is 57.6 Å². The van der Waals surface area contributed by atoms with Crippen LogP contribution in [-0.4, -0.2) is 40.7 Å². The van der Waals surface area contributed by atoms with Crippen LogP contribution in [0.2, 0.25) is 0 Å². The molecule has 0 saturated heterocycles. The summed E-state index contributed by atoms with van der Waals surface area (Å²) in [5.74, 6) is -0.0466. The number of hydrogen-bond acceptors (Lipinski definition) is 3. The molecule has 29 aromatic rings. The first-order chi connectivity index (χ1) is 46.2. The predicted molar refractivity (Wildman–Crippen MR) is 388 cm³/mol. The molecule has 6 aliphatic carbocycles. The van der Waals surface area contributed by atoms with Gasteiger partial charge >= 0.3 is 6.03 Å². The standard InChI is InChI=1S/C88H41N3O2/c1-2-3-4-7-12-21-17-19-22(20-18-21)83-87-79-71-63-53-43-35-27-25-26-29-33-31(27)39-47-41(33)51-45-37(29)38-30(26)34-32-28(25)36(35)44-50-40(32)48-42(34)52-46(38)56-55(45)65-59(51)69-61(47)67(57(63)49(39)43)73(79)77(69)81-75(65)76-66(56)60(52)70-62(48)68-58(50)64(54(44)53)72(71)80(87)74(68)78(70)82(76)88(81,87)84(90-83)85(92)91(24-15-10-6-11-16-24)86(93)89-23-13-8-5-9-14-23/h17-20,23-24,84H,2-16H2,1H3,(H,89,93)/t84-,87?,88?/m0/s1. The molecule has 2 fully saturated rings. The van der Waals surface area contributed by atoms with Gasteiger partial charge < -0.3 is 5.32 Å². The number of carbonyl (C=O) groups is 2. The van der Waals surface area contributed by atoms with Crippen molar-refractivity contribution in [2.45, 2.75) is 132 Å². The highest BCUT2D eigenvalue weighted by molar-refractivity contribution is 6.82. The van der Waals surface area contributed by atoms with E-state index in [0.717, 1.165) is 75.5 Å². The third-order valence-electron chi connectivity index (χ3n) is 31.5. The second-order valence-electron chi connectivity index (χ2n) is 33.5. The number of imide groups is 1. The van der Waals surface area contributed by atoms with Crippen LogP contribution in [-0.2, 0) is 22.0 Å². The molecule has 420 valence electrons. The minimum absolute atomic E-state index is 0.0466. The van der Waals surface area contributed by atoms with E-state index in [1.54, 1.807) is 172 Å². The van der Waals surface area contributed by atoms with E-state index in [9.17, 15) is 0 Å². The number of benzene rings is 19. The number of nitrogens with one attached hydrogen (secondary N) is 1. The van der Waals surface area contributed by atoms with Gasteiger partial charge in [-0.05, 0) is 363 Å². The number of urea groups is 1. The van der Waals surface area contributed by atoms with E-state index < -0.39 is 16.9 Å². The molecule has 5 heteroatoms. The molecule has 0 unspecified atom stereocenters. The van der Waals surface area contributed by atoms with Crippen LogP contribution in [0.25, 0.3) is 291 Å². The summed E-state index contributed by atoms with van der Waals surface area (Å²) in [6.45, 7) is 2.32. The van der Waals surface area contributed by atoms with Crippen LogP contribution in [0.15, 0.2) is 29.3 Å². The fraction of sp³-hybridized carbons (Fsp3) is 0.239. The van der Waals surface area contributed by atoms with E-state index in [2.05, 4.69) is 36.5 Å². The highest BCUT2D eigenvalue weighted by Gasteiger charge is 2.78. The van der Waals surface area contributed by atoms with Gasteiger partial charge in [0.2, 0.25) is 0 Å². The monoisotopic (exact) mass is 1170 g/mol. The summed E-state index contributed by atoms with van der Waals surface area (Å²) in [4.78, 5) is 43.4. The van der Waals surface area contributed by atoms with Crippen molar-refractivity contribution in [2.24, 2.45) is 4.99 Å². The Morgan fingerprint density at radius 3 is 1.00 bits per heavy atom. The summed E-state index contributed by atoms with van der Waals surface area (Å²) in [7, 11) is 0. The average molecular weight is 1170 g/mol. The Kier molecular flexibility index (Phi) is 4.77. The summed E-state index contributed by atoms with van der Waals surface area (Å²) < 4.78 is 0. The number of aryl methyl sites for hydroxylation is 1. The maximum atomic E-state index is 18.4. The molecule has 2 saturated carbocycles. The van der Waals surface area contributed by atoms with E-state index in [-0.39, 0.29) is 24.0 Å². The van der Waals surface area contributed by atoms with Crippen LogP contribution in [0, 0.1) is 0 Å². The minimum atomic E-state index is -1.01. The first-order valence-corrected chi connectivity index (χ1v) is 36.2. The average Bonchev–Trinajstić information content (AvgIpc) is 1.38. The fourth-order valence-electron chi connectivity index (χ4n) is 30.1. The molecular formula is C88H41N3O2. The third-order valence-corrected chi connectivity index (χ3v) is 31.5. The molecule has 3 amide bonds. The third kappa shape index (κ3) is 2.80. The van der Waals surface area contributed by atoms with Crippen molar-refractivity contribution in [1.29, 1.82) is 0 Å². The van der Waals surface area contributed by atoms with Gasteiger partial charge in [0.1, 0.15) is 6.04 Å².